The van der Waals surface area contributed by atoms with Crippen LogP contribution in [0.15, 0.2) is 10.5 Å². The van der Waals surface area contributed by atoms with Gasteiger partial charge in [-0.25, -0.2) is 0 Å². The van der Waals surface area contributed by atoms with Crippen molar-refractivity contribution in [1.82, 2.24) is 0 Å². The average Bonchev–Trinajstić information content (AvgIpc) is 2.65. The maximum atomic E-state index is 9.06. The van der Waals surface area contributed by atoms with E-state index in [9.17, 15) is 0 Å². The molecule has 1 heterocycles. The van der Waals surface area contributed by atoms with E-state index in [0.717, 1.165) is 10.0 Å². The van der Waals surface area contributed by atoms with Crippen molar-refractivity contribution in [2.24, 2.45) is 0 Å². The minimum absolute atomic E-state index is 0.225. The summed E-state index contributed by atoms with van der Waals surface area (Å²) in [5.74, 6) is 1.65. The fraction of sp³-hybridized carbons (Fsp3) is 0.364. The van der Waals surface area contributed by atoms with Gasteiger partial charge in [0.2, 0.25) is 6.79 Å². The number of nitriles is 1. The summed E-state index contributed by atoms with van der Waals surface area (Å²) >= 11 is 3.37. The van der Waals surface area contributed by atoms with Gasteiger partial charge < -0.3 is 9.47 Å². The zero-order chi connectivity index (χ0) is 11.0. The molecule has 0 aliphatic carbocycles. The Morgan fingerprint density at radius 3 is 2.67 bits per heavy atom. The number of nitrogens with zero attached hydrogens (tertiary/aromatic N) is 1. The van der Waals surface area contributed by atoms with Crippen LogP contribution in [0.1, 0.15) is 30.9 Å². The number of fused-ring (bicyclic) bond motifs is 1. The van der Waals surface area contributed by atoms with E-state index in [1.54, 1.807) is 6.07 Å². The minimum atomic E-state index is 0.225. The second-order valence-corrected chi connectivity index (χ2v) is 4.51. The molecule has 78 valence electrons. The van der Waals surface area contributed by atoms with Gasteiger partial charge >= 0.3 is 0 Å². The lowest BCUT2D eigenvalue weighted by molar-refractivity contribution is 0.172. The summed E-state index contributed by atoms with van der Waals surface area (Å²) in [6, 6.07) is 3.96. The smallest absolute Gasteiger partial charge is 0.231 e. The third kappa shape index (κ3) is 1.57. The number of halogens is 1. The monoisotopic (exact) mass is 267 g/mol. The highest BCUT2D eigenvalue weighted by atomic mass is 79.9. The van der Waals surface area contributed by atoms with Crippen LogP contribution in [0.25, 0.3) is 0 Å². The van der Waals surface area contributed by atoms with E-state index < -0.39 is 0 Å². The topological polar surface area (TPSA) is 42.2 Å². The molecule has 1 aliphatic rings. The third-order valence-electron chi connectivity index (χ3n) is 2.33. The summed E-state index contributed by atoms with van der Waals surface area (Å²) in [7, 11) is 0. The van der Waals surface area contributed by atoms with Crippen molar-refractivity contribution < 1.29 is 9.47 Å². The number of benzene rings is 1. The van der Waals surface area contributed by atoms with E-state index in [1.807, 2.05) is 13.8 Å². The van der Waals surface area contributed by atoms with Gasteiger partial charge in [-0.3, -0.25) is 0 Å². The summed E-state index contributed by atoms with van der Waals surface area (Å²) in [4.78, 5) is 0. The average molecular weight is 268 g/mol. The first-order chi connectivity index (χ1) is 7.15. The standard InChI is InChI=1S/C11H10BrNO2/c1-6(2)9-7(4-13)3-8(12)10-11(9)15-5-14-10/h3,6H,5H2,1-2H3. The zero-order valence-electron chi connectivity index (χ0n) is 8.50. The van der Waals surface area contributed by atoms with Crippen LogP contribution in [-0.4, -0.2) is 6.79 Å². The molecule has 0 amide bonds. The van der Waals surface area contributed by atoms with Crippen molar-refractivity contribution in [3.8, 4) is 17.6 Å². The van der Waals surface area contributed by atoms with Crippen molar-refractivity contribution in [3.63, 3.8) is 0 Å². The van der Waals surface area contributed by atoms with Gasteiger partial charge in [-0.05, 0) is 27.9 Å². The molecule has 0 saturated carbocycles. The molecular weight excluding hydrogens is 258 g/mol. The molecule has 0 aromatic heterocycles. The lowest BCUT2D eigenvalue weighted by Gasteiger charge is -2.12. The molecule has 1 aliphatic heterocycles. The normalized spacial score (nSPS) is 13.0. The molecule has 1 aromatic rings. The van der Waals surface area contributed by atoms with Crippen LogP contribution in [0.5, 0.6) is 11.5 Å². The van der Waals surface area contributed by atoms with E-state index in [4.69, 9.17) is 14.7 Å². The molecule has 0 atom stereocenters. The van der Waals surface area contributed by atoms with Crippen LogP contribution in [-0.2, 0) is 0 Å². The lowest BCUT2D eigenvalue weighted by atomic mass is 9.96. The second-order valence-electron chi connectivity index (χ2n) is 3.65. The Morgan fingerprint density at radius 2 is 2.07 bits per heavy atom. The Morgan fingerprint density at radius 1 is 1.40 bits per heavy atom. The molecule has 2 rings (SSSR count). The maximum Gasteiger partial charge on any atom is 0.231 e. The molecule has 0 spiro atoms. The Hall–Kier alpha value is -1.21. The summed E-state index contributed by atoms with van der Waals surface area (Å²) in [6.45, 7) is 4.29. The highest BCUT2D eigenvalue weighted by Crippen LogP contribution is 2.45. The fourth-order valence-electron chi connectivity index (χ4n) is 1.71. The van der Waals surface area contributed by atoms with Crippen LogP contribution in [0.4, 0.5) is 0 Å². The van der Waals surface area contributed by atoms with Gasteiger partial charge in [0.05, 0.1) is 16.1 Å². The van der Waals surface area contributed by atoms with Gasteiger partial charge in [-0.1, -0.05) is 13.8 Å². The third-order valence-corrected chi connectivity index (χ3v) is 2.92. The van der Waals surface area contributed by atoms with Gasteiger partial charge in [0.1, 0.15) is 0 Å². The zero-order valence-corrected chi connectivity index (χ0v) is 10.1. The van der Waals surface area contributed by atoms with Gasteiger partial charge in [0, 0.05) is 5.56 Å². The number of rotatable bonds is 1. The number of hydrogen-bond donors (Lipinski definition) is 0. The van der Waals surface area contributed by atoms with E-state index in [2.05, 4.69) is 22.0 Å². The molecule has 1 aromatic carbocycles. The van der Waals surface area contributed by atoms with Crippen LogP contribution >= 0.6 is 15.9 Å². The quantitative estimate of drug-likeness (QED) is 0.785. The molecule has 0 unspecified atom stereocenters. The highest BCUT2D eigenvalue weighted by Gasteiger charge is 2.25. The second kappa shape index (κ2) is 3.74. The predicted octanol–water partition coefficient (Wildman–Crippen LogP) is 3.17. The molecule has 0 N–H and O–H groups in total. The fourth-order valence-corrected chi connectivity index (χ4v) is 2.24. The van der Waals surface area contributed by atoms with Crippen LogP contribution in [0, 0.1) is 11.3 Å². The molecule has 0 bridgehead atoms. The Balaban J connectivity index is 2.72. The van der Waals surface area contributed by atoms with Crippen molar-refractivity contribution in [2.45, 2.75) is 19.8 Å². The van der Waals surface area contributed by atoms with Crippen molar-refractivity contribution in [1.29, 1.82) is 5.26 Å². The first kappa shape index (κ1) is 10.3. The van der Waals surface area contributed by atoms with Crippen LogP contribution < -0.4 is 9.47 Å². The van der Waals surface area contributed by atoms with E-state index >= 15 is 0 Å². The van der Waals surface area contributed by atoms with E-state index in [1.165, 1.54) is 0 Å². The van der Waals surface area contributed by atoms with Gasteiger partial charge in [-0.15, -0.1) is 0 Å². The number of ether oxygens (including phenoxy) is 2. The van der Waals surface area contributed by atoms with Crippen molar-refractivity contribution in [3.05, 3.63) is 21.7 Å². The molecule has 0 radical (unpaired) electrons. The van der Waals surface area contributed by atoms with Gasteiger partial charge in [0.25, 0.3) is 0 Å². The van der Waals surface area contributed by atoms with Crippen LogP contribution in [0.3, 0.4) is 0 Å². The molecule has 15 heavy (non-hydrogen) atoms. The van der Waals surface area contributed by atoms with Gasteiger partial charge in [0.15, 0.2) is 11.5 Å². The number of hydrogen-bond acceptors (Lipinski definition) is 3. The van der Waals surface area contributed by atoms with Crippen molar-refractivity contribution in [2.75, 3.05) is 6.79 Å². The summed E-state index contributed by atoms with van der Waals surface area (Å²) in [6.07, 6.45) is 0. The largest absolute Gasteiger partial charge is 0.453 e. The summed E-state index contributed by atoms with van der Waals surface area (Å²) < 4.78 is 11.5. The summed E-state index contributed by atoms with van der Waals surface area (Å²) in [5, 5.41) is 9.06. The highest BCUT2D eigenvalue weighted by molar-refractivity contribution is 9.10. The molecule has 4 heteroatoms. The SMILES string of the molecule is CC(C)c1c(C#N)cc(Br)c2c1OCO2. The Labute approximate surface area is 96.7 Å². The van der Waals surface area contributed by atoms with Gasteiger partial charge in [-0.2, -0.15) is 5.26 Å². The Bertz CT molecular complexity index is 449. The van der Waals surface area contributed by atoms with Crippen molar-refractivity contribution >= 4 is 15.9 Å². The predicted molar refractivity (Wildman–Crippen MR) is 59.1 cm³/mol. The minimum Gasteiger partial charge on any atom is -0.453 e. The first-order valence-corrected chi connectivity index (χ1v) is 5.46. The van der Waals surface area contributed by atoms with E-state index in [0.29, 0.717) is 17.1 Å². The molecular formula is C11H10BrNO2. The molecule has 3 nitrogen and oxygen atoms in total. The molecule has 0 saturated heterocycles. The first-order valence-electron chi connectivity index (χ1n) is 4.67. The van der Waals surface area contributed by atoms with E-state index in [-0.39, 0.29) is 12.7 Å². The Kier molecular flexibility index (Phi) is 2.57. The van der Waals surface area contributed by atoms with Crippen LogP contribution in [0.2, 0.25) is 0 Å². The lowest BCUT2D eigenvalue weighted by Crippen LogP contribution is -1.97. The summed E-state index contributed by atoms with van der Waals surface area (Å²) in [5.41, 5.74) is 1.56. The maximum absolute atomic E-state index is 9.06. The molecule has 0 fully saturated rings.